The molecule has 1 heterocycles. The van der Waals surface area contributed by atoms with Gasteiger partial charge in [-0.1, -0.05) is 25.7 Å². The maximum Gasteiger partial charge on any atom is 0.317 e. The Labute approximate surface area is 85.8 Å². The molecule has 0 radical (unpaired) electrons. The van der Waals surface area contributed by atoms with E-state index in [-0.39, 0.29) is 6.03 Å². The van der Waals surface area contributed by atoms with Crippen molar-refractivity contribution in [2.75, 3.05) is 19.6 Å². The summed E-state index contributed by atoms with van der Waals surface area (Å²) < 4.78 is 0. The van der Waals surface area contributed by atoms with Crippen LogP contribution in [0.3, 0.4) is 0 Å². The molecule has 2 fully saturated rings. The Morgan fingerprint density at radius 3 is 2.50 bits per heavy atom. The zero-order valence-corrected chi connectivity index (χ0v) is 8.80. The van der Waals surface area contributed by atoms with E-state index in [4.69, 9.17) is 0 Å². The summed E-state index contributed by atoms with van der Waals surface area (Å²) in [5.41, 5.74) is 0. The molecule has 3 heteroatoms. The number of hydrogen-bond acceptors (Lipinski definition) is 1. The topological polar surface area (TPSA) is 32.3 Å². The van der Waals surface area contributed by atoms with Crippen LogP contribution >= 0.6 is 0 Å². The zero-order chi connectivity index (χ0) is 9.80. The lowest BCUT2D eigenvalue weighted by molar-refractivity contribution is 0.205. The normalized spacial score (nSPS) is 24.9. The summed E-state index contributed by atoms with van der Waals surface area (Å²) >= 11 is 0. The van der Waals surface area contributed by atoms with Gasteiger partial charge in [0.1, 0.15) is 0 Å². The average molecular weight is 196 g/mol. The number of urea groups is 1. The van der Waals surface area contributed by atoms with Gasteiger partial charge in [-0.15, -0.1) is 0 Å². The SMILES string of the molecule is O=C1NCCN1CC1CCCCCC1. The smallest absolute Gasteiger partial charge is 0.317 e. The molecule has 2 aliphatic rings. The Morgan fingerprint density at radius 2 is 1.93 bits per heavy atom. The molecule has 80 valence electrons. The van der Waals surface area contributed by atoms with E-state index >= 15 is 0 Å². The van der Waals surface area contributed by atoms with Crippen LogP contribution in [0.25, 0.3) is 0 Å². The molecule has 1 saturated heterocycles. The molecule has 3 nitrogen and oxygen atoms in total. The van der Waals surface area contributed by atoms with Crippen LogP contribution in [-0.4, -0.2) is 30.6 Å². The molecule has 0 bridgehead atoms. The molecular weight excluding hydrogens is 176 g/mol. The molecule has 2 amide bonds. The molecule has 1 N–H and O–H groups in total. The first-order valence-electron chi connectivity index (χ1n) is 5.89. The Hall–Kier alpha value is -0.730. The quantitative estimate of drug-likeness (QED) is 0.673. The molecule has 1 saturated carbocycles. The molecule has 14 heavy (non-hydrogen) atoms. The highest BCUT2D eigenvalue weighted by Crippen LogP contribution is 2.23. The molecule has 0 aromatic heterocycles. The van der Waals surface area contributed by atoms with Gasteiger partial charge in [0.2, 0.25) is 0 Å². The monoisotopic (exact) mass is 196 g/mol. The van der Waals surface area contributed by atoms with Gasteiger partial charge in [0, 0.05) is 19.6 Å². The van der Waals surface area contributed by atoms with Crippen LogP contribution in [0, 0.1) is 5.92 Å². The molecule has 0 atom stereocenters. The van der Waals surface area contributed by atoms with Crippen LogP contribution < -0.4 is 5.32 Å². The fraction of sp³-hybridized carbons (Fsp3) is 0.909. The van der Waals surface area contributed by atoms with Crippen molar-refractivity contribution < 1.29 is 4.79 Å². The number of rotatable bonds is 2. The van der Waals surface area contributed by atoms with Crippen molar-refractivity contribution in [3.05, 3.63) is 0 Å². The predicted molar refractivity (Wildman–Crippen MR) is 56.2 cm³/mol. The van der Waals surface area contributed by atoms with E-state index in [1.807, 2.05) is 4.90 Å². The first-order valence-corrected chi connectivity index (χ1v) is 5.89. The van der Waals surface area contributed by atoms with E-state index in [1.165, 1.54) is 38.5 Å². The van der Waals surface area contributed by atoms with Crippen molar-refractivity contribution in [3.8, 4) is 0 Å². The van der Waals surface area contributed by atoms with Crippen LogP contribution in [0.4, 0.5) is 4.79 Å². The van der Waals surface area contributed by atoms with Crippen molar-refractivity contribution in [2.24, 2.45) is 5.92 Å². The number of nitrogens with one attached hydrogen (secondary N) is 1. The van der Waals surface area contributed by atoms with Crippen LogP contribution in [0.1, 0.15) is 38.5 Å². The minimum atomic E-state index is 0.147. The zero-order valence-electron chi connectivity index (χ0n) is 8.80. The number of carbonyl (C=O) groups is 1. The van der Waals surface area contributed by atoms with Gasteiger partial charge in [0.15, 0.2) is 0 Å². The highest BCUT2D eigenvalue weighted by atomic mass is 16.2. The third-order valence-electron chi connectivity index (χ3n) is 3.40. The number of hydrogen-bond donors (Lipinski definition) is 1. The van der Waals surface area contributed by atoms with Crippen LogP contribution in [-0.2, 0) is 0 Å². The summed E-state index contributed by atoms with van der Waals surface area (Å²) in [5.74, 6) is 0.765. The molecule has 2 rings (SSSR count). The lowest BCUT2D eigenvalue weighted by Gasteiger charge is -2.21. The molecule has 0 aromatic rings. The first kappa shape index (κ1) is 9.81. The molecule has 1 aliphatic heterocycles. The van der Waals surface area contributed by atoms with Crippen molar-refractivity contribution >= 4 is 6.03 Å². The Morgan fingerprint density at radius 1 is 1.21 bits per heavy atom. The van der Waals surface area contributed by atoms with Crippen molar-refractivity contribution in [1.29, 1.82) is 0 Å². The summed E-state index contributed by atoms with van der Waals surface area (Å²) in [7, 11) is 0. The third-order valence-corrected chi connectivity index (χ3v) is 3.40. The van der Waals surface area contributed by atoms with Crippen molar-refractivity contribution in [1.82, 2.24) is 10.2 Å². The van der Waals surface area contributed by atoms with Gasteiger partial charge in [0.05, 0.1) is 0 Å². The summed E-state index contributed by atoms with van der Waals surface area (Å²) in [6.45, 7) is 2.74. The molecule has 0 unspecified atom stereocenters. The minimum absolute atomic E-state index is 0.147. The lowest BCUT2D eigenvalue weighted by atomic mass is 10.00. The third kappa shape index (κ3) is 2.40. The second-order valence-corrected chi connectivity index (χ2v) is 4.54. The Balaban J connectivity index is 1.80. The highest BCUT2D eigenvalue weighted by Gasteiger charge is 2.23. The Bertz CT molecular complexity index is 197. The van der Waals surface area contributed by atoms with Gasteiger partial charge in [-0.05, 0) is 18.8 Å². The number of nitrogens with zero attached hydrogens (tertiary/aromatic N) is 1. The van der Waals surface area contributed by atoms with E-state index < -0.39 is 0 Å². The summed E-state index contributed by atoms with van der Waals surface area (Å²) in [6, 6.07) is 0.147. The van der Waals surface area contributed by atoms with Crippen molar-refractivity contribution in [3.63, 3.8) is 0 Å². The highest BCUT2D eigenvalue weighted by molar-refractivity contribution is 5.76. The molecule has 0 aromatic carbocycles. The largest absolute Gasteiger partial charge is 0.336 e. The van der Waals surface area contributed by atoms with Gasteiger partial charge in [-0.3, -0.25) is 0 Å². The summed E-state index contributed by atoms with van der Waals surface area (Å²) in [5, 5.41) is 2.86. The van der Waals surface area contributed by atoms with Crippen molar-refractivity contribution in [2.45, 2.75) is 38.5 Å². The van der Waals surface area contributed by atoms with Crippen LogP contribution in [0.2, 0.25) is 0 Å². The van der Waals surface area contributed by atoms with Gasteiger partial charge >= 0.3 is 6.03 Å². The van der Waals surface area contributed by atoms with Gasteiger partial charge in [-0.2, -0.15) is 0 Å². The first-order chi connectivity index (χ1) is 6.86. The minimum Gasteiger partial charge on any atom is -0.336 e. The second-order valence-electron chi connectivity index (χ2n) is 4.54. The average Bonchev–Trinajstić information content (AvgIpc) is 2.44. The number of carbonyl (C=O) groups excluding carboxylic acids is 1. The van der Waals surface area contributed by atoms with E-state index in [0.29, 0.717) is 0 Å². The fourth-order valence-corrected chi connectivity index (χ4v) is 2.54. The maximum absolute atomic E-state index is 11.3. The summed E-state index contributed by atoms with van der Waals surface area (Å²) in [6.07, 6.45) is 8.15. The number of amides is 2. The Kier molecular flexibility index (Phi) is 3.27. The summed E-state index contributed by atoms with van der Waals surface area (Å²) in [4.78, 5) is 13.3. The van der Waals surface area contributed by atoms with E-state index in [0.717, 1.165) is 25.6 Å². The van der Waals surface area contributed by atoms with Gasteiger partial charge in [0.25, 0.3) is 0 Å². The van der Waals surface area contributed by atoms with E-state index in [1.54, 1.807) is 0 Å². The predicted octanol–water partition coefficient (Wildman–Crippen LogP) is 1.98. The van der Waals surface area contributed by atoms with Gasteiger partial charge < -0.3 is 10.2 Å². The fourth-order valence-electron chi connectivity index (χ4n) is 2.54. The second kappa shape index (κ2) is 4.67. The molecule has 0 spiro atoms. The standard InChI is InChI=1S/C11H20N2O/c14-11-12-7-8-13(11)9-10-5-3-1-2-4-6-10/h10H,1-9H2,(H,12,14). The van der Waals surface area contributed by atoms with E-state index in [2.05, 4.69) is 5.32 Å². The maximum atomic E-state index is 11.3. The van der Waals surface area contributed by atoms with E-state index in [9.17, 15) is 4.79 Å². The molecule has 1 aliphatic carbocycles. The van der Waals surface area contributed by atoms with Crippen LogP contribution in [0.5, 0.6) is 0 Å². The van der Waals surface area contributed by atoms with Crippen LogP contribution in [0.15, 0.2) is 0 Å². The molecular formula is C11H20N2O. The lowest BCUT2D eigenvalue weighted by Crippen LogP contribution is -2.32. The van der Waals surface area contributed by atoms with Gasteiger partial charge in [-0.25, -0.2) is 4.79 Å².